The summed E-state index contributed by atoms with van der Waals surface area (Å²) in [6.07, 6.45) is 0.436. The number of hydrogen-bond donors (Lipinski definition) is 1. The molecular formula is C11H20O3. The van der Waals surface area contributed by atoms with Gasteiger partial charge >= 0.3 is 5.97 Å². The van der Waals surface area contributed by atoms with Gasteiger partial charge in [-0.05, 0) is 5.41 Å². The maximum absolute atomic E-state index is 11.6. The SMILES string of the molecule is CC(C(=O)O)C(C)C(=O)CC(C)(C)C. The summed E-state index contributed by atoms with van der Waals surface area (Å²) in [7, 11) is 0. The van der Waals surface area contributed by atoms with E-state index in [-0.39, 0.29) is 11.2 Å². The van der Waals surface area contributed by atoms with Crippen LogP contribution in [0.15, 0.2) is 0 Å². The molecular weight excluding hydrogens is 180 g/mol. The zero-order valence-electron chi connectivity index (χ0n) is 9.63. The Labute approximate surface area is 85.5 Å². The van der Waals surface area contributed by atoms with Crippen LogP contribution in [0.25, 0.3) is 0 Å². The van der Waals surface area contributed by atoms with E-state index in [0.29, 0.717) is 6.42 Å². The molecule has 0 aromatic heterocycles. The number of rotatable bonds is 4. The van der Waals surface area contributed by atoms with Crippen LogP contribution in [-0.2, 0) is 9.59 Å². The fourth-order valence-electron chi connectivity index (χ4n) is 1.18. The summed E-state index contributed by atoms with van der Waals surface area (Å²) in [5.74, 6) is -1.86. The summed E-state index contributed by atoms with van der Waals surface area (Å²) in [5, 5.41) is 8.75. The Balaban J connectivity index is 4.33. The van der Waals surface area contributed by atoms with Crippen molar-refractivity contribution in [2.24, 2.45) is 17.3 Å². The highest BCUT2D eigenvalue weighted by atomic mass is 16.4. The second-order valence-corrected chi connectivity index (χ2v) is 5.12. The number of hydrogen-bond acceptors (Lipinski definition) is 2. The minimum Gasteiger partial charge on any atom is -0.481 e. The summed E-state index contributed by atoms with van der Waals surface area (Å²) >= 11 is 0. The van der Waals surface area contributed by atoms with Crippen molar-refractivity contribution < 1.29 is 14.7 Å². The number of carboxylic acid groups (broad SMARTS) is 1. The van der Waals surface area contributed by atoms with Crippen molar-refractivity contribution in [2.75, 3.05) is 0 Å². The zero-order chi connectivity index (χ0) is 11.5. The lowest BCUT2D eigenvalue weighted by Crippen LogP contribution is -2.28. The molecule has 1 N–H and O–H groups in total. The Morgan fingerprint density at radius 3 is 1.86 bits per heavy atom. The molecule has 2 atom stereocenters. The quantitative estimate of drug-likeness (QED) is 0.757. The van der Waals surface area contributed by atoms with Gasteiger partial charge in [0.05, 0.1) is 5.92 Å². The fourth-order valence-corrected chi connectivity index (χ4v) is 1.18. The first-order valence-corrected chi connectivity index (χ1v) is 4.90. The molecule has 14 heavy (non-hydrogen) atoms. The molecule has 0 aromatic rings. The first kappa shape index (κ1) is 13.1. The molecule has 0 fully saturated rings. The number of carboxylic acids is 1. The summed E-state index contributed by atoms with van der Waals surface area (Å²) in [4.78, 5) is 22.3. The van der Waals surface area contributed by atoms with Crippen LogP contribution < -0.4 is 0 Å². The predicted molar refractivity (Wildman–Crippen MR) is 55.0 cm³/mol. The number of carbonyl (C=O) groups is 2. The maximum Gasteiger partial charge on any atom is 0.306 e. The lowest BCUT2D eigenvalue weighted by Gasteiger charge is -2.21. The second kappa shape index (κ2) is 4.58. The Kier molecular flexibility index (Phi) is 4.30. The van der Waals surface area contributed by atoms with Crippen LogP contribution >= 0.6 is 0 Å². The second-order valence-electron chi connectivity index (χ2n) is 5.12. The van der Waals surface area contributed by atoms with Gasteiger partial charge in [0.15, 0.2) is 0 Å². The average molecular weight is 200 g/mol. The number of aliphatic carboxylic acids is 1. The predicted octanol–water partition coefficient (Wildman–Crippen LogP) is 2.35. The van der Waals surface area contributed by atoms with Crippen LogP contribution in [0.3, 0.4) is 0 Å². The third-order valence-electron chi connectivity index (χ3n) is 2.35. The zero-order valence-corrected chi connectivity index (χ0v) is 9.63. The van der Waals surface area contributed by atoms with Crippen LogP contribution in [-0.4, -0.2) is 16.9 Å². The third kappa shape index (κ3) is 4.40. The van der Waals surface area contributed by atoms with Crippen molar-refractivity contribution in [3.63, 3.8) is 0 Å². The van der Waals surface area contributed by atoms with Gasteiger partial charge in [-0.1, -0.05) is 34.6 Å². The first-order chi connectivity index (χ1) is 6.15. The van der Waals surface area contributed by atoms with Crippen molar-refractivity contribution >= 4 is 11.8 Å². The molecule has 2 unspecified atom stereocenters. The molecule has 0 bridgehead atoms. The van der Waals surface area contributed by atoms with Crippen molar-refractivity contribution in [3.05, 3.63) is 0 Å². The van der Waals surface area contributed by atoms with Crippen LogP contribution in [0.5, 0.6) is 0 Å². The van der Waals surface area contributed by atoms with Crippen molar-refractivity contribution in [1.29, 1.82) is 0 Å². The lowest BCUT2D eigenvalue weighted by molar-refractivity contribution is -0.145. The van der Waals surface area contributed by atoms with E-state index in [1.807, 2.05) is 20.8 Å². The molecule has 0 saturated heterocycles. The van der Waals surface area contributed by atoms with Crippen molar-refractivity contribution in [1.82, 2.24) is 0 Å². The number of Topliss-reactive ketones (excluding diaryl/α,β-unsaturated/α-hetero) is 1. The van der Waals surface area contributed by atoms with Crippen LogP contribution in [0, 0.1) is 17.3 Å². The topological polar surface area (TPSA) is 54.4 Å². The van der Waals surface area contributed by atoms with Gasteiger partial charge in [0.1, 0.15) is 5.78 Å². The molecule has 0 saturated carbocycles. The average Bonchev–Trinajstić information content (AvgIpc) is 1.98. The smallest absolute Gasteiger partial charge is 0.306 e. The molecule has 0 radical (unpaired) electrons. The molecule has 0 amide bonds. The Bertz CT molecular complexity index is 225. The highest BCUT2D eigenvalue weighted by Gasteiger charge is 2.28. The van der Waals surface area contributed by atoms with Gasteiger partial charge in [-0.3, -0.25) is 9.59 Å². The van der Waals surface area contributed by atoms with E-state index in [1.165, 1.54) is 0 Å². The first-order valence-electron chi connectivity index (χ1n) is 4.90. The third-order valence-corrected chi connectivity index (χ3v) is 2.35. The molecule has 0 aliphatic rings. The molecule has 82 valence electrons. The van der Waals surface area contributed by atoms with Gasteiger partial charge in [0.2, 0.25) is 0 Å². The Morgan fingerprint density at radius 2 is 1.57 bits per heavy atom. The monoisotopic (exact) mass is 200 g/mol. The molecule has 0 rings (SSSR count). The van der Waals surface area contributed by atoms with Crippen LogP contribution in [0.2, 0.25) is 0 Å². The molecule has 0 spiro atoms. The summed E-state index contributed by atoms with van der Waals surface area (Å²) in [6, 6.07) is 0. The van der Waals surface area contributed by atoms with Gasteiger partial charge in [0.25, 0.3) is 0 Å². The highest BCUT2D eigenvalue weighted by molar-refractivity contribution is 5.86. The van der Waals surface area contributed by atoms with Gasteiger partial charge in [-0.15, -0.1) is 0 Å². The maximum atomic E-state index is 11.6. The molecule has 0 aromatic carbocycles. The molecule has 0 heterocycles. The van der Waals surface area contributed by atoms with E-state index < -0.39 is 17.8 Å². The van der Waals surface area contributed by atoms with E-state index in [4.69, 9.17) is 5.11 Å². The molecule has 0 aliphatic carbocycles. The van der Waals surface area contributed by atoms with Gasteiger partial charge in [-0.25, -0.2) is 0 Å². The fraction of sp³-hybridized carbons (Fsp3) is 0.818. The van der Waals surface area contributed by atoms with Gasteiger partial charge in [0, 0.05) is 12.3 Å². The molecule has 3 heteroatoms. The largest absolute Gasteiger partial charge is 0.481 e. The normalized spacial score (nSPS) is 16.1. The number of carbonyl (C=O) groups excluding carboxylic acids is 1. The van der Waals surface area contributed by atoms with E-state index in [2.05, 4.69) is 0 Å². The van der Waals surface area contributed by atoms with E-state index in [1.54, 1.807) is 13.8 Å². The summed E-state index contributed by atoms with van der Waals surface area (Å²) in [6.45, 7) is 9.19. The van der Waals surface area contributed by atoms with Crippen molar-refractivity contribution in [3.8, 4) is 0 Å². The standard InChI is InChI=1S/C11H20O3/c1-7(8(2)10(13)14)9(12)6-11(3,4)5/h7-8H,6H2,1-5H3,(H,13,14). The van der Waals surface area contributed by atoms with E-state index in [0.717, 1.165) is 0 Å². The molecule has 0 aliphatic heterocycles. The van der Waals surface area contributed by atoms with Gasteiger partial charge < -0.3 is 5.11 Å². The van der Waals surface area contributed by atoms with Crippen LogP contribution in [0.1, 0.15) is 41.0 Å². The molecule has 3 nitrogen and oxygen atoms in total. The van der Waals surface area contributed by atoms with Crippen molar-refractivity contribution in [2.45, 2.75) is 41.0 Å². The van der Waals surface area contributed by atoms with Crippen LogP contribution in [0.4, 0.5) is 0 Å². The minimum atomic E-state index is -0.903. The summed E-state index contributed by atoms with van der Waals surface area (Å²) < 4.78 is 0. The Morgan fingerprint density at radius 1 is 1.14 bits per heavy atom. The van der Waals surface area contributed by atoms with E-state index in [9.17, 15) is 9.59 Å². The highest BCUT2D eigenvalue weighted by Crippen LogP contribution is 2.24. The minimum absolute atomic E-state index is 0.0346. The lowest BCUT2D eigenvalue weighted by atomic mass is 9.82. The summed E-state index contributed by atoms with van der Waals surface area (Å²) in [5.41, 5.74) is -0.0659. The Hall–Kier alpha value is -0.860. The van der Waals surface area contributed by atoms with Gasteiger partial charge in [-0.2, -0.15) is 0 Å². The number of ketones is 1. The van der Waals surface area contributed by atoms with E-state index >= 15 is 0 Å².